The molecule has 0 unspecified atom stereocenters. The van der Waals surface area contributed by atoms with E-state index in [1.165, 1.54) is 0 Å². The summed E-state index contributed by atoms with van der Waals surface area (Å²) in [6.07, 6.45) is 4.31. The second-order valence-corrected chi connectivity index (χ2v) is 6.18. The average molecular weight is 274 g/mol. The van der Waals surface area contributed by atoms with Crippen LogP contribution in [-0.4, -0.2) is 52.1 Å². The summed E-state index contributed by atoms with van der Waals surface area (Å²) in [4.78, 5) is 24.9. The molecular weight excluding hydrogens is 252 g/mol. The van der Waals surface area contributed by atoms with Gasteiger partial charge in [0.05, 0.1) is 0 Å². The number of amides is 2. The molecule has 2 amide bonds. The Morgan fingerprint density at radius 3 is 2.61 bits per heavy atom. The van der Waals surface area contributed by atoms with Gasteiger partial charge in [-0.15, -0.1) is 0 Å². The molecule has 5 nitrogen and oxygen atoms in total. The van der Waals surface area contributed by atoms with Gasteiger partial charge in [-0.3, -0.25) is 0 Å². The highest BCUT2D eigenvalue weighted by Gasteiger charge is 2.36. The lowest BCUT2D eigenvalue weighted by Gasteiger charge is -2.32. The zero-order chi connectivity index (χ0) is 13.8. The molecule has 0 aromatic carbocycles. The normalized spacial score (nSPS) is 19.6. The third kappa shape index (κ3) is 3.80. The van der Waals surface area contributed by atoms with Crippen LogP contribution in [0.3, 0.4) is 0 Å². The Labute approximate surface area is 112 Å². The Kier molecular flexibility index (Phi) is 5.31. The molecule has 2 N–H and O–H groups in total. The smallest absolute Gasteiger partial charge is 0.326 e. The van der Waals surface area contributed by atoms with Crippen LogP contribution >= 0.6 is 11.8 Å². The molecule has 0 bridgehead atoms. The number of hydrogen-bond donors (Lipinski definition) is 2. The molecule has 0 aromatic rings. The number of thioether (sulfide) groups is 1. The number of urea groups is 1. The summed E-state index contributed by atoms with van der Waals surface area (Å²) >= 11 is 1.58. The number of hydrogen-bond acceptors (Lipinski definition) is 3. The molecule has 0 aliphatic carbocycles. The van der Waals surface area contributed by atoms with Crippen molar-refractivity contribution >= 4 is 23.8 Å². The fraction of sp³-hybridized carbons (Fsp3) is 0.833. The number of likely N-dealkylation sites (tertiary alicyclic amines) is 1. The lowest BCUT2D eigenvalue weighted by Crippen LogP contribution is -2.52. The molecule has 1 fully saturated rings. The maximum Gasteiger partial charge on any atom is 0.326 e. The molecule has 1 aliphatic heterocycles. The van der Waals surface area contributed by atoms with Crippen LogP contribution in [-0.2, 0) is 4.79 Å². The highest BCUT2D eigenvalue weighted by Crippen LogP contribution is 2.28. The summed E-state index contributed by atoms with van der Waals surface area (Å²) in [5.41, 5.74) is -0.174. The van der Waals surface area contributed by atoms with Crippen molar-refractivity contribution in [3.05, 3.63) is 0 Å². The Balaban J connectivity index is 2.58. The van der Waals surface area contributed by atoms with Gasteiger partial charge in [-0.1, -0.05) is 0 Å². The maximum atomic E-state index is 12.1. The lowest BCUT2D eigenvalue weighted by molar-refractivity contribution is -0.139. The molecule has 1 atom stereocenters. The van der Waals surface area contributed by atoms with Crippen molar-refractivity contribution in [2.45, 2.75) is 44.7 Å². The highest BCUT2D eigenvalue weighted by molar-refractivity contribution is 7.98. The minimum atomic E-state index is -0.964. The van der Waals surface area contributed by atoms with Gasteiger partial charge in [-0.25, -0.2) is 9.59 Å². The lowest BCUT2D eigenvalue weighted by atomic mass is 10.0. The Bertz CT molecular complexity index is 320. The Morgan fingerprint density at radius 2 is 2.17 bits per heavy atom. The van der Waals surface area contributed by atoms with E-state index >= 15 is 0 Å². The number of aliphatic carboxylic acids is 1. The zero-order valence-corrected chi connectivity index (χ0v) is 12.0. The van der Waals surface area contributed by atoms with Crippen LogP contribution in [0.2, 0.25) is 0 Å². The summed E-state index contributed by atoms with van der Waals surface area (Å²) in [5, 5.41) is 11.7. The number of carbonyl (C=O) groups excluding carboxylic acids is 1. The molecule has 0 radical (unpaired) electrons. The number of carboxylic acids is 1. The second-order valence-electron chi connectivity index (χ2n) is 5.19. The molecule has 1 aliphatic rings. The van der Waals surface area contributed by atoms with Gasteiger partial charge in [-0.05, 0) is 45.1 Å². The van der Waals surface area contributed by atoms with E-state index < -0.39 is 12.0 Å². The zero-order valence-electron chi connectivity index (χ0n) is 11.2. The van der Waals surface area contributed by atoms with E-state index in [4.69, 9.17) is 5.11 Å². The van der Waals surface area contributed by atoms with Crippen molar-refractivity contribution in [1.82, 2.24) is 10.2 Å². The number of nitrogens with one attached hydrogen (secondary N) is 1. The van der Waals surface area contributed by atoms with Gasteiger partial charge in [0.1, 0.15) is 6.04 Å². The summed E-state index contributed by atoms with van der Waals surface area (Å²) in [6, 6.07) is -1.05. The molecule has 0 aromatic heterocycles. The van der Waals surface area contributed by atoms with Gasteiger partial charge in [0.25, 0.3) is 0 Å². The van der Waals surface area contributed by atoms with Gasteiger partial charge in [0.2, 0.25) is 0 Å². The predicted molar refractivity (Wildman–Crippen MR) is 73.0 cm³/mol. The van der Waals surface area contributed by atoms with E-state index in [1.54, 1.807) is 16.7 Å². The van der Waals surface area contributed by atoms with Gasteiger partial charge < -0.3 is 15.3 Å². The van der Waals surface area contributed by atoms with Crippen LogP contribution in [0.5, 0.6) is 0 Å². The quantitative estimate of drug-likeness (QED) is 0.801. The van der Waals surface area contributed by atoms with Crippen molar-refractivity contribution in [3.63, 3.8) is 0 Å². The van der Waals surface area contributed by atoms with E-state index in [1.807, 2.05) is 20.1 Å². The van der Waals surface area contributed by atoms with Crippen molar-refractivity contribution in [3.8, 4) is 0 Å². The summed E-state index contributed by atoms with van der Waals surface area (Å²) in [7, 11) is 0. The number of carbonyl (C=O) groups is 2. The molecule has 1 rings (SSSR count). The van der Waals surface area contributed by atoms with Gasteiger partial charge in [-0.2, -0.15) is 11.8 Å². The van der Waals surface area contributed by atoms with E-state index in [0.717, 1.165) is 18.6 Å². The first kappa shape index (κ1) is 15.1. The van der Waals surface area contributed by atoms with E-state index in [0.29, 0.717) is 13.0 Å². The first-order chi connectivity index (χ1) is 8.38. The van der Waals surface area contributed by atoms with Crippen LogP contribution in [0, 0.1) is 0 Å². The largest absolute Gasteiger partial charge is 0.480 e. The third-order valence-corrected chi connectivity index (χ3v) is 4.00. The van der Waals surface area contributed by atoms with Gasteiger partial charge in [0, 0.05) is 12.1 Å². The SMILES string of the molecule is CSCC[C@@H](NC(=O)N1CCCC1(C)C)C(=O)O. The number of carboxylic acid groups (broad SMARTS) is 1. The summed E-state index contributed by atoms with van der Waals surface area (Å²) in [5.74, 6) is -0.241. The molecule has 6 heteroatoms. The standard InChI is InChI=1S/C12H22N2O3S/c1-12(2)6-4-7-14(12)11(17)13-9(10(15)16)5-8-18-3/h9H,4-8H2,1-3H3,(H,13,17)(H,15,16)/t9-/m1/s1. The van der Waals surface area contributed by atoms with Crippen LogP contribution in [0.1, 0.15) is 33.1 Å². The van der Waals surface area contributed by atoms with E-state index in [-0.39, 0.29) is 11.6 Å². The first-order valence-electron chi connectivity index (χ1n) is 6.18. The van der Waals surface area contributed by atoms with E-state index in [9.17, 15) is 9.59 Å². The first-order valence-corrected chi connectivity index (χ1v) is 7.58. The highest BCUT2D eigenvalue weighted by atomic mass is 32.2. The average Bonchev–Trinajstić information content (AvgIpc) is 2.63. The Morgan fingerprint density at radius 1 is 1.50 bits per heavy atom. The van der Waals surface area contributed by atoms with Crippen LogP contribution in [0.25, 0.3) is 0 Å². The minimum absolute atomic E-state index is 0.174. The summed E-state index contributed by atoms with van der Waals surface area (Å²) in [6.45, 7) is 4.72. The predicted octanol–water partition coefficient (Wildman–Crippen LogP) is 1.78. The van der Waals surface area contributed by atoms with Crippen molar-refractivity contribution in [2.75, 3.05) is 18.6 Å². The van der Waals surface area contributed by atoms with Crippen molar-refractivity contribution in [1.29, 1.82) is 0 Å². The van der Waals surface area contributed by atoms with Crippen LogP contribution < -0.4 is 5.32 Å². The molecule has 1 heterocycles. The molecule has 18 heavy (non-hydrogen) atoms. The Hall–Kier alpha value is -0.910. The second kappa shape index (κ2) is 6.31. The van der Waals surface area contributed by atoms with Gasteiger partial charge in [0.15, 0.2) is 0 Å². The summed E-state index contributed by atoms with van der Waals surface area (Å²) < 4.78 is 0. The molecule has 0 saturated carbocycles. The third-order valence-electron chi connectivity index (χ3n) is 3.35. The number of rotatable bonds is 5. The molecule has 0 spiro atoms. The van der Waals surface area contributed by atoms with Crippen LogP contribution in [0.15, 0.2) is 0 Å². The number of nitrogens with zero attached hydrogens (tertiary/aromatic N) is 1. The van der Waals surface area contributed by atoms with E-state index in [2.05, 4.69) is 5.32 Å². The van der Waals surface area contributed by atoms with Gasteiger partial charge >= 0.3 is 12.0 Å². The molecular formula is C12H22N2O3S. The fourth-order valence-electron chi connectivity index (χ4n) is 2.20. The van der Waals surface area contributed by atoms with Crippen molar-refractivity contribution < 1.29 is 14.7 Å². The van der Waals surface area contributed by atoms with Crippen molar-refractivity contribution in [2.24, 2.45) is 0 Å². The molecule has 1 saturated heterocycles. The minimum Gasteiger partial charge on any atom is -0.480 e. The van der Waals surface area contributed by atoms with Crippen LogP contribution in [0.4, 0.5) is 4.79 Å². The fourth-order valence-corrected chi connectivity index (χ4v) is 2.68. The topological polar surface area (TPSA) is 69.6 Å². The molecule has 104 valence electrons. The monoisotopic (exact) mass is 274 g/mol. The maximum absolute atomic E-state index is 12.1.